The Morgan fingerprint density at radius 2 is 1.00 bits per heavy atom. The number of hydrogen-bond acceptors (Lipinski definition) is 6. The Morgan fingerprint density at radius 3 is 1.35 bits per heavy atom. The summed E-state index contributed by atoms with van der Waals surface area (Å²) in [4.78, 5) is 40.6. The van der Waals surface area contributed by atoms with Crippen LogP contribution in [0, 0.1) is 0 Å². The van der Waals surface area contributed by atoms with Crippen LogP contribution >= 0.6 is 31.9 Å². The van der Waals surface area contributed by atoms with E-state index in [4.69, 9.17) is 19.5 Å². The minimum absolute atomic E-state index is 0.193. The number of aliphatic imine (C=N–C) groups is 2. The van der Waals surface area contributed by atoms with Crippen molar-refractivity contribution in [2.24, 2.45) is 9.98 Å². The molecule has 0 unspecified atom stereocenters. The van der Waals surface area contributed by atoms with E-state index >= 15 is 0 Å². The van der Waals surface area contributed by atoms with Crippen molar-refractivity contribution in [1.29, 1.82) is 0 Å². The fraction of sp³-hybridized carbons (Fsp3) is 0.111. The lowest BCUT2D eigenvalue weighted by Crippen LogP contribution is -2.42. The Hall–Kier alpha value is -4.80. The molecule has 8 nitrogen and oxygen atoms in total. The van der Waals surface area contributed by atoms with E-state index in [-0.39, 0.29) is 24.9 Å². The number of amides is 2. The Balaban J connectivity index is 1.32. The minimum atomic E-state index is -0.257. The van der Waals surface area contributed by atoms with Crippen LogP contribution < -0.4 is 9.47 Å². The van der Waals surface area contributed by atoms with Gasteiger partial charge in [-0.1, -0.05) is 80.4 Å². The molecule has 0 saturated carbocycles. The number of benzene rings is 4. The van der Waals surface area contributed by atoms with Crippen LogP contribution in [0.2, 0.25) is 0 Å². The van der Waals surface area contributed by atoms with E-state index in [1.807, 2.05) is 97.1 Å². The van der Waals surface area contributed by atoms with Gasteiger partial charge in [-0.25, -0.2) is 9.98 Å². The van der Waals surface area contributed by atoms with Crippen molar-refractivity contribution >= 4 is 67.5 Å². The van der Waals surface area contributed by atoms with Crippen LogP contribution in [-0.2, 0) is 9.59 Å². The summed E-state index contributed by atoms with van der Waals surface area (Å²) in [6, 6.07) is 30.1. The summed E-state index contributed by atoms with van der Waals surface area (Å²) in [6.07, 6.45) is 3.51. The molecule has 0 aromatic heterocycles. The molecular formula is C36H28Br2N4O4. The second-order valence-electron chi connectivity index (χ2n) is 10.4. The first kappa shape index (κ1) is 31.2. The Kier molecular flexibility index (Phi) is 9.28. The Bertz CT molecular complexity index is 1790. The van der Waals surface area contributed by atoms with Crippen molar-refractivity contribution < 1.29 is 19.1 Å². The number of nitrogens with zero attached hydrogens (tertiary/aromatic N) is 4. The first-order valence-corrected chi connectivity index (χ1v) is 16.0. The lowest BCUT2D eigenvalue weighted by Gasteiger charge is -2.24. The van der Waals surface area contributed by atoms with Gasteiger partial charge in [0, 0.05) is 33.2 Å². The van der Waals surface area contributed by atoms with Crippen LogP contribution in [0.1, 0.15) is 22.3 Å². The molecule has 2 aliphatic heterocycles. The van der Waals surface area contributed by atoms with Gasteiger partial charge in [-0.05, 0) is 71.8 Å². The van der Waals surface area contributed by atoms with Crippen LogP contribution in [0.3, 0.4) is 0 Å². The van der Waals surface area contributed by atoms with Crippen molar-refractivity contribution in [2.75, 3.05) is 27.3 Å². The van der Waals surface area contributed by atoms with Crippen LogP contribution in [-0.4, -0.2) is 60.6 Å². The van der Waals surface area contributed by atoms with E-state index in [9.17, 15) is 9.59 Å². The summed E-state index contributed by atoms with van der Waals surface area (Å²) in [5, 5.41) is 0. The summed E-state index contributed by atoms with van der Waals surface area (Å²) in [5.74, 6) is 1.94. The normalized spacial score (nSPS) is 16.3. The molecule has 0 radical (unpaired) electrons. The molecule has 230 valence electrons. The first-order valence-electron chi connectivity index (χ1n) is 14.4. The van der Waals surface area contributed by atoms with Crippen LogP contribution in [0.25, 0.3) is 12.2 Å². The summed E-state index contributed by atoms with van der Waals surface area (Å²) < 4.78 is 12.3. The molecule has 46 heavy (non-hydrogen) atoms. The highest BCUT2D eigenvalue weighted by Crippen LogP contribution is 2.27. The van der Waals surface area contributed by atoms with Crippen molar-refractivity contribution in [2.45, 2.75) is 0 Å². The molecule has 0 aliphatic carbocycles. The lowest BCUT2D eigenvalue weighted by atomic mass is 10.1. The van der Waals surface area contributed by atoms with E-state index in [2.05, 4.69) is 31.9 Å². The molecule has 0 atom stereocenters. The topological polar surface area (TPSA) is 83.8 Å². The SMILES string of the molecule is COc1ccc(/C=C2\N=C(c3cccc(Br)c3)N(CCN3C(=O)/C(=C\c4ccc(OC)cc4)N=C3c3cccc(Br)c3)C2=O)cc1. The second-order valence-corrected chi connectivity index (χ2v) is 12.2. The summed E-state index contributed by atoms with van der Waals surface area (Å²) in [5.41, 5.74) is 3.78. The fourth-order valence-corrected chi connectivity index (χ4v) is 5.93. The zero-order valence-electron chi connectivity index (χ0n) is 25.0. The van der Waals surface area contributed by atoms with Gasteiger partial charge in [0.25, 0.3) is 11.8 Å². The average molecular weight is 740 g/mol. The van der Waals surface area contributed by atoms with Crippen molar-refractivity contribution in [1.82, 2.24) is 9.80 Å². The third kappa shape index (κ3) is 6.73. The van der Waals surface area contributed by atoms with Gasteiger partial charge in [-0.15, -0.1) is 0 Å². The zero-order valence-corrected chi connectivity index (χ0v) is 28.2. The van der Waals surface area contributed by atoms with E-state index in [0.717, 1.165) is 42.7 Å². The maximum absolute atomic E-state index is 13.9. The summed E-state index contributed by atoms with van der Waals surface area (Å²) in [7, 11) is 3.21. The number of amidine groups is 2. The molecule has 0 fully saturated rings. The van der Waals surface area contributed by atoms with Crippen molar-refractivity contribution in [3.05, 3.63) is 140 Å². The number of rotatable bonds is 9. The average Bonchev–Trinajstić information content (AvgIpc) is 3.55. The molecular weight excluding hydrogens is 712 g/mol. The van der Waals surface area contributed by atoms with Crippen molar-refractivity contribution in [3.8, 4) is 11.5 Å². The first-order chi connectivity index (χ1) is 22.3. The Morgan fingerprint density at radius 1 is 0.609 bits per heavy atom. The zero-order chi connectivity index (χ0) is 32.2. The predicted molar refractivity (Wildman–Crippen MR) is 187 cm³/mol. The van der Waals surface area contributed by atoms with E-state index in [1.165, 1.54) is 0 Å². The number of carbonyl (C=O) groups is 2. The molecule has 4 aromatic carbocycles. The molecule has 10 heteroatoms. The standard InChI is InChI=1S/C36H28Br2N4O4/c1-45-29-13-9-23(10-14-29)19-31-35(43)41(33(39-31)25-5-3-7-27(37)21-25)17-18-42-34(26-6-4-8-28(38)22-26)40-32(36(42)44)20-24-11-15-30(46-2)16-12-24/h3-16,19-22H,17-18H2,1-2H3/b31-19-,32-20+. The second kappa shape index (κ2) is 13.7. The van der Waals surface area contributed by atoms with Gasteiger partial charge in [0.1, 0.15) is 34.6 Å². The minimum Gasteiger partial charge on any atom is -0.497 e. The van der Waals surface area contributed by atoms with E-state index in [0.29, 0.717) is 23.1 Å². The molecule has 0 N–H and O–H groups in total. The molecule has 6 rings (SSSR count). The Labute approximate surface area is 283 Å². The molecule has 0 spiro atoms. The van der Waals surface area contributed by atoms with Crippen LogP contribution in [0.4, 0.5) is 0 Å². The molecule has 2 amide bonds. The largest absolute Gasteiger partial charge is 0.497 e. The highest BCUT2D eigenvalue weighted by Gasteiger charge is 2.35. The summed E-state index contributed by atoms with van der Waals surface area (Å²) in [6.45, 7) is 0.386. The lowest BCUT2D eigenvalue weighted by molar-refractivity contribution is -0.125. The molecule has 0 saturated heterocycles. The third-order valence-electron chi connectivity index (χ3n) is 7.44. The monoisotopic (exact) mass is 738 g/mol. The third-order valence-corrected chi connectivity index (χ3v) is 8.43. The van der Waals surface area contributed by atoms with Gasteiger partial charge in [0.2, 0.25) is 0 Å². The number of ether oxygens (including phenoxy) is 2. The highest BCUT2D eigenvalue weighted by atomic mass is 79.9. The van der Waals surface area contributed by atoms with Crippen LogP contribution in [0.15, 0.2) is 127 Å². The predicted octanol–water partition coefficient (Wildman–Crippen LogP) is 7.19. The van der Waals surface area contributed by atoms with E-state index in [1.54, 1.807) is 36.2 Å². The molecule has 4 aromatic rings. The summed E-state index contributed by atoms with van der Waals surface area (Å²) >= 11 is 7.08. The number of hydrogen-bond donors (Lipinski definition) is 0. The van der Waals surface area contributed by atoms with Crippen molar-refractivity contribution in [3.63, 3.8) is 0 Å². The molecule has 0 bridgehead atoms. The fourth-order valence-electron chi connectivity index (χ4n) is 5.13. The van der Waals surface area contributed by atoms with Gasteiger partial charge in [-0.3, -0.25) is 19.4 Å². The maximum atomic E-state index is 13.9. The maximum Gasteiger partial charge on any atom is 0.278 e. The quantitative estimate of drug-likeness (QED) is 0.170. The molecule has 2 heterocycles. The number of halogens is 2. The van der Waals surface area contributed by atoms with E-state index < -0.39 is 0 Å². The van der Waals surface area contributed by atoms with Crippen LogP contribution in [0.5, 0.6) is 11.5 Å². The van der Waals surface area contributed by atoms with Gasteiger partial charge in [-0.2, -0.15) is 0 Å². The van der Waals surface area contributed by atoms with Gasteiger partial charge < -0.3 is 9.47 Å². The number of carbonyl (C=O) groups excluding carboxylic acids is 2. The highest BCUT2D eigenvalue weighted by molar-refractivity contribution is 9.10. The van der Waals surface area contributed by atoms with Gasteiger partial charge >= 0.3 is 0 Å². The smallest absolute Gasteiger partial charge is 0.278 e. The van der Waals surface area contributed by atoms with Gasteiger partial charge in [0.15, 0.2) is 0 Å². The molecule has 2 aliphatic rings. The number of methoxy groups -OCH3 is 2. The van der Waals surface area contributed by atoms with Gasteiger partial charge in [0.05, 0.1) is 14.2 Å².